The van der Waals surface area contributed by atoms with Crippen molar-refractivity contribution in [2.75, 3.05) is 13.1 Å². The Balaban J connectivity index is 2.00. The molecule has 2 fully saturated rings. The molecular weight excluding hydrogens is 1350 g/mol. The van der Waals surface area contributed by atoms with Crippen molar-refractivity contribution in [2.24, 2.45) is 53.1 Å². The first kappa shape index (κ1) is 90.7. The Morgan fingerprint density at radius 2 is 1.15 bits per heavy atom. The van der Waals surface area contributed by atoms with E-state index in [1.807, 2.05) is 13.8 Å². The van der Waals surface area contributed by atoms with Gasteiger partial charge in [0.15, 0.2) is 0 Å². The summed E-state index contributed by atoms with van der Waals surface area (Å²) in [5.74, 6) is -15.2. The van der Waals surface area contributed by atoms with E-state index in [2.05, 4.69) is 63.8 Å². The lowest BCUT2D eigenvalue weighted by atomic mass is 9.95. The molecule has 105 heavy (non-hydrogen) atoms. The second-order valence-corrected chi connectivity index (χ2v) is 30.0. The second kappa shape index (κ2) is 43.8. The number of cyclic esters (lactones) is 1. The summed E-state index contributed by atoms with van der Waals surface area (Å²) in [5, 5.41) is 43.2. The number of hydrogen-bond acceptors (Lipinski definition) is 17. The molecule has 590 valence electrons. The number of nitrogens with zero attached hydrogens (tertiary/aromatic N) is 1. The molecule has 17 atom stereocenters. The first-order chi connectivity index (χ1) is 49.3. The lowest BCUT2D eigenvalue weighted by molar-refractivity contribution is -0.157. The van der Waals surface area contributed by atoms with E-state index >= 15 is 9.59 Å². The van der Waals surface area contributed by atoms with E-state index in [1.165, 1.54) is 31.7 Å². The van der Waals surface area contributed by atoms with E-state index in [-0.39, 0.29) is 69.1 Å². The number of carbonyl (C=O) groups excluding carboxylic acids is 14. The zero-order valence-electron chi connectivity index (χ0n) is 65.2. The number of nitrogens with one attached hydrogen (secondary N) is 12. The van der Waals surface area contributed by atoms with Gasteiger partial charge in [-0.25, -0.2) is 4.79 Å². The maximum Gasteiger partial charge on any atom is 0.329 e. The normalized spacial score (nSPS) is 22.8. The van der Waals surface area contributed by atoms with Gasteiger partial charge in [-0.05, 0) is 112 Å². The fourth-order valence-corrected chi connectivity index (χ4v) is 12.0. The Morgan fingerprint density at radius 3 is 1.69 bits per heavy atom. The van der Waals surface area contributed by atoms with Crippen LogP contribution in [0.25, 0.3) is 0 Å². The highest BCUT2D eigenvalue weighted by Crippen LogP contribution is 2.23. The van der Waals surface area contributed by atoms with Crippen LogP contribution in [0.1, 0.15) is 195 Å². The fourth-order valence-electron chi connectivity index (χ4n) is 12.0. The SMILES string of the molecule is C/C=C1\NC(=O)[C@H](Cc2ccccc2)NC(=O)[C@@H](C(C)C)NC(=O)[C@@H](C(C)CC)NC(=O)[C@H](NC(=O)[C@H](NC(=O)[C@H](CCCN)NC(=O)[C@H]2CCCN2C(=O)[C@H](NC(=O)[C@@H](NC(=O)[C@@H](NC(=O)[C@H](NC(=O)CCC(C)CC)C(C)C)C(C)O)C(C)C)C(C)C)C(C)CC)C(C)OC(=O)[C@H](C(C)C)NC1=O. The topological polar surface area (TPSA) is 442 Å². The third kappa shape index (κ3) is 27.4. The Morgan fingerprint density at radius 1 is 0.610 bits per heavy atom. The van der Waals surface area contributed by atoms with Gasteiger partial charge in [-0.15, -0.1) is 0 Å². The van der Waals surface area contributed by atoms with Crippen molar-refractivity contribution in [1.82, 2.24) is 68.7 Å². The standard InChI is InChI=1S/C75H124N14O16/c1-20-43(15)33-34-53(91)80-54(38(5)6)68(97)87-61(46(18)90)72(101)82-56(40(9)10)69(98)83-57(41(11)12)74(103)89-36-28-32-52(89)66(95)78-50(31-27-35-76)64(93)85-59(44(16)21-2)71(100)88-62-47(19)105-75(104)58(42(13)14)84-63(92)49(23-4)77-65(94)51(37-48-29-25-24-26-30-48)79-67(96)55(39(7)8)81-70(99)60(45(17)22-3)86-73(62)102/h23-26,29-30,38-47,50-52,54-62,90H,20-22,27-28,31-37,76H2,1-19H3,(H,77,94)(H,78,95)(H,79,96)(H,80,91)(H,81,99)(H,82,101)(H,83,98)(H,84,92)(H,85,93)(H,86,102)(H,87,97)(H,88,100)/b49-23-/t43?,44?,45?,46?,47?,50-,51-,52+,54+,55+,56-,57+,58-,59+,60+,61-,62+/m0/s1. The molecule has 15 N–H and O–H groups in total. The zero-order valence-corrected chi connectivity index (χ0v) is 65.2. The predicted octanol–water partition coefficient (Wildman–Crippen LogP) is 1.84. The molecule has 0 spiro atoms. The van der Waals surface area contributed by atoms with Crippen molar-refractivity contribution in [3.8, 4) is 0 Å². The van der Waals surface area contributed by atoms with E-state index in [9.17, 15) is 62.6 Å². The lowest BCUT2D eigenvalue weighted by Crippen LogP contribution is -2.64. The highest BCUT2D eigenvalue weighted by atomic mass is 16.5. The number of carbonyl (C=O) groups is 14. The number of rotatable bonds is 33. The van der Waals surface area contributed by atoms with Crippen LogP contribution in [0.5, 0.6) is 0 Å². The largest absolute Gasteiger partial charge is 0.458 e. The second-order valence-electron chi connectivity index (χ2n) is 30.0. The molecule has 2 aliphatic heterocycles. The van der Waals surface area contributed by atoms with E-state index in [1.54, 1.807) is 127 Å². The first-order valence-corrected chi connectivity index (χ1v) is 37.5. The minimum Gasteiger partial charge on any atom is -0.458 e. The molecule has 3 rings (SSSR count). The van der Waals surface area contributed by atoms with Crippen molar-refractivity contribution < 1.29 is 77.0 Å². The molecule has 0 radical (unpaired) electrons. The highest BCUT2D eigenvalue weighted by molar-refractivity contribution is 6.03. The monoisotopic (exact) mass is 1480 g/mol. The molecule has 2 saturated heterocycles. The number of likely N-dealkylation sites (tertiary alicyclic amines) is 1. The van der Waals surface area contributed by atoms with Gasteiger partial charge in [0, 0.05) is 19.4 Å². The van der Waals surface area contributed by atoms with Gasteiger partial charge in [0.05, 0.1) is 6.10 Å². The number of ether oxygens (including phenoxy) is 1. The number of aliphatic hydroxyl groups excluding tert-OH is 1. The number of allylic oxidation sites excluding steroid dienone is 1. The number of benzene rings is 1. The minimum absolute atomic E-state index is 0.0355. The van der Waals surface area contributed by atoms with Gasteiger partial charge < -0.3 is 84.3 Å². The van der Waals surface area contributed by atoms with Crippen LogP contribution < -0.4 is 69.5 Å². The molecule has 0 bridgehead atoms. The molecule has 5 unspecified atom stereocenters. The van der Waals surface area contributed by atoms with Gasteiger partial charge in [0.2, 0.25) is 70.9 Å². The number of hydrogen-bond donors (Lipinski definition) is 14. The average molecular weight is 1480 g/mol. The summed E-state index contributed by atoms with van der Waals surface area (Å²) in [6.45, 7) is 31.7. The number of esters is 1. The van der Waals surface area contributed by atoms with E-state index < -0.39 is 203 Å². The van der Waals surface area contributed by atoms with Crippen LogP contribution in [-0.2, 0) is 78.3 Å². The number of aliphatic hydroxyl groups is 1. The molecular formula is C75H124N14O16. The lowest BCUT2D eigenvalue weighted by Gasteiger charge is -2.33. The van der Waals surface area contributed by atoms with Crippen LogP contribution in [-0.4, -0.2) is 191 Å². The van der Waals surface area contributed by atoms with Crippen LogP contribution in [0.15, 0.2) is 42.1 Å². The summed E-state index contributed by atoms with van der Waals surface area (Å²) in [6, 6.07) is -7.67. The molecule has 13 amide bonds. The molecule has 30 heteroatoms. The maximum atomic E-state index is 15.0. The van der Waals surface area contributed by atoms with Gasteiger partial charge in [-0.3, -0.25) is 62.3 Å². The third-order valence-electron chi connectivity index (χ3n) is 19.6. The van der Waals surface area contributed by atoms with Gasteiger partial charge >= 0.3 is 5.97 Å². The molecule has 0 aliphatic carbocycles. The van der Waals surface area contributed by atoms with Crippen LogP contribution in [0.2, 0.25) is 0 Å². The predicted molar refractivity (Wildman–Crippen MR) is 395 cm³/mol. The van der Waals surface area contributed by atoms with Crippen LogP contribution in [0.4, 0.5) is 0 Å². The van der Waals surface area contributed by atoms with Gasteiger partial charge in [-0.1, -0.05) is 166 Å². The molecule has 2 heterocycles. The van der Waals surface area contributed by atoms with E-state index in [0.29, 0.717) is 24.8 Å². The maximum absolute atomic E-state index is 15.0. The zero-order chi connectivity index (χ0) is 79.4. The first-order valence-electron chi connectivity index (χ1n) is 37.5. The van der Waals surface area contributed by atoms with E-state index in [0.717, 1.165) is 6.42 Å². The van der Waals surface area contributed by atoms with Gasteiger partial charge in [0.25, 0.3) is 5.91 Å². The van der Waals surface area contributed by atoms with Crippen molar-refractivity contribution in [1.29, 1.82) is 0 Å². The molecule has 1 aromatic rings. The van der Waals surface area contributed by atoms with E-state index in [4.69, 9.17) is 10.5 Å². The van der Waals surface area contributed by atoms with Crippen molar-refractivity contribution in [3.63, 3.8) is 0 Å². The smallest absolute Gasteiger partial charge is 0.329 e. The highest BCUT2D eigenvalue weighted by Gasteiger charge is 2.44. The summed E-state index contributed by atoms with van der Waals surface area (Å²) in [7, 11) is 0. The van der Waals surface area contributed by atoms with Crippen molar-refractivity contribution in [3.05, 3.63) is 47.7 Å². The number of nitrogens with two attached hydrogens (primary N) is 1. The minimum atomic E-state index is -1.83. The average Bonchev–Trinajstić information content (AvgIpc) is 1.80. The Kier molecular flexibility index (Phi) is 37.8. The van der Waals surface area contributed by atoms with Crippen molar-refractivity contribution in [2.45, 2.75) is 280 Å². The Bertz CT molecular complexity index is 3160. The summed E-state index contributed by atoms with van der Waals surface area (Å²) in [4.78, 5) is 202. The molecule has 0 saturated carbocycles. The summed E-state index contributed by atoms with van der Waals surface area (Å²) >= 11 is 0. The van der Waals surface area contributed by atoms with Crippen LogP contribution in [0.3, 0.4) is 0 Å². The molecule has 2 aliphatic rings. The van der Waals surface area contributed by atoms with Gasteiger partial charge in [-0.2, -0.15) is 0 Å². The summed E-state index contributed by atoms with van der Waals surface area (Å²) in [5.41, 5.74) is 6.34. The summed E-state index contributed by atoms with van der Waals surface area (Å²) < 4.78 is 5.96. The molecule has 30 nitrogen and oxygen atoms in total. The summed E-state index contributed by atoms with van der Waals surface area (Å²) in [6.07, 6.45) is 1.08. The van der Waals surface area contributed by atoms with Crippen LogP contribution in [0, 0.1) is 47.3 Å². The third-order valence-corrected chi connectivity index (χ3v) is 19.6. The van der Waals surface area contributed by atoms with Gasteiger partial charge in [0.1, 0.15) is 84.3 Å². The molecule has 1 aromatic carbocycles. The number of amides is 13. The molecule has 0 aromatic heterocycles. The Labute approximate surface area is 620 Å². The Hall–Kier alpha value is -8.54. The fraction of sp³-hybridized carbons (Fsp3) is 0.707. The van der Waals surface area contributed by atoms with Crippen molar-refractivity contribution >= 4 is 82.8 Å². The van der Waals surface area contributed by atoms with Crippen LogP contribution >= 0.6 is 0 Å². The quantitative estimate of drug-likeness (QED) is 0.0353.